The van der Waals surface area contributed by atoms with Crippen molar-refractivity contribution in [1.29, 1.82) is 5.26 Å². The second kappa shape index (κ2) is 9.51. The first-order valence-electron chi connectivity index (χ1n) is 9.19. The van der Waals surface area contributed by atoms with Gasteiger partial charge in [-0.1, -0.05) is 24.3 Å². The number of carbonyl (C=O) groups excluding carboxylic acids is 2. The number of hydrogen-bond acceptors (Lipinski definition) is 5. The van der Waals surface area contributed by atoms with Crippen LogP contribution in [0.3, 0.4) is 0 Å². The predicted molar refractivity (Wildman–Crippen MR) is 106 cm³/mol. The van der Waals surface area contributed by atoms with Gasteiger partial charge >= 0.3 is 5.97 Å². The number of rotatable bonds is 5. The van der Waals surface area contributed by atoms with E-state index in [1.165, 1.54) is 12.1 Å². The minimum atomic E-state index is -0.618. The van der Waals surface area contributed by atoms with Gasteiger partial charge in [-0.15, -0.1) is 0 Å². The molecule has 0 saturated carbocycles. The third-order valence-electron chi connectivity index (χ3n) is 4.62. The van der Waals surface area contributed by atoms with E-state index in [4.69, 9.17) is 10.00 Å². The summed E-state index contributed by atoms with van der Waals surface area (Å²) in [4.78, 5) is 27.6. The topological polar surface area (TPSA) is 73.6 Å². The molecule has 1 heterocycles. The van der Waals surface area contributed by atoms with Gasteiger partial charge in [0.15, 0.2) is 6.61 Å². The monoisotopic (exact) mass is 393 g/mol. The van der Waals surface area contributed by atoms with E-state index in [0.29, 0.717) is 37.4 Å². The number of nitriles is 1. The molecule has 29 heavy (non-hydrogen) atoms. The normalized spacial score (nSPS) is 13.9. The minimum absolute atomic E-state index is 0.279. The molecule has 1 aliphatic rings. The second-order valence-corrected chi connectivity index (χ2v) is 6.49. The number of nitrogens with zero attached hydrogens (tertiary/aromatic N) is 3. The molecule has 0 aliphatic carbocycles. The van der Waals surface area contributed by atoms with Crippen LogP contribution in [-0.4, -0.2) is 49.6 Å². The van der Waals surface area contributed by atoms with Gasteiger partial charge in [-0.25, -0.2) is 9.18 Å². The van der Waals surface area contributed by atoms with Gasteiger partial charge < -0.3 is 14.5 Å². The first-order valence-corrected chi connectivity index (χ1v) is 9.19. The number of carbonyl (C=O) groups is 2. The Morgan fingerprint density at radius 2 is 1.76 bits per heavy atom. The van der Waals surface area contributed by atoms with Crippen LogP contribution in [0.1, 0.15) is 11.1 Å². The molecular formula is C22H20FN3O3. The number of piperazine rings is 1. The smallest absolute Gasteiger partial charge is 0.331 e. The molecule has 1 fully saturated rings. The molecule has 0 aromatic heterocycles. The Kier molecular flexibility index (Phi) is 6.59. The van der Waals surface area contributed by atoms with E-state index in [1.54, 1.807) is 53.4 Å². The summed E-state index contributed by atoms with van der Waals surface area (Å²) in [6.45, 7) is 1.56. The van der Waals surface area contributed by atoms with Gasteiger partial charge in [0.25, 0.3) is 5.91 Å². The average molecular weight is 393 g/mol. The van der Waals surface area contributed by atoms with Gasteiger partial charge in [0.1, 0.15) is 5.82 Å². The van der Waals surface area contributed by atoms with Crippen LogP contribution in [0.5, 0.6) is 0 Å². The molecule has 148 valence electrons. The summed E-state index contributed by atoms with van der Waals surface area (Å²) in [5.41, 5.74) is 1.81. The summed E-state index contributed by atoms with van der Waals surface area (Å²) in [5, 5.41) is 8.76. The van der Waals surface area contributed by atoms with Gasteiger partial charge in [-0.3, -0.25) is 4.79 Å². The molecule has 0 atom stereocenters. The van der Waals surface area contributed by atoms with Crippen LogP contribution < -0.4 is 4.90 Å². The summed E-state index contributed by atoms with van der Waals surface area (Å²) in [6.07, 6.45) is 2.80. The number of benzene rings is 2. The van der Waals surface area contributed by atoms with Crippen molar-refractivity contribution >= 4 is 23.6 Å². The first-order chi connectivity index (χ1) is 14.1. The highest BCUT2D eigenvalue weighted by molar-refractivity contribution is 5.89. The summed E-state index contributed by atoms with van der Waals surface area (Å²) in [6, 6.07) is 15.3. The highest BCUT2D eigenvalue weighted by atomic mass is 19.1. The maximum atomic E-state index is 13.9. The number of ether oxygens (including phenoxy) is 1. The molecule has 3 rings (SSSR count). The second-order valence-electron chi connectivity index (χ2n) is 6.49. The number of esters is 1. The first kappa shape index (κ1) is 20.1. The summed E-state index contributed by atoms with van der Waals surface area (Å²) < 4.78 is 18.9. The lowest BCUT2D eigenvalue weighted by Crippen LogP contribution is -2.50. The Labute approximate surface area is 168 Å². The zero-order chi connectivity index (χ0) is 20.6. The van der Waals surface area contributed by atoms with Crippen molar-refractivity contribution in [2.45, 2.75) is 0 Å². The Morgan fingerprint density at radius 3 is 2.41 bits per heavy atom. The highest BCUT2D eigenvalue weighted by Crippen LogP contribution is 2.20. The van der Waals surface area contributed by atoms with Crippen LogP contribution in [-0.2, 0) is 14.3 Å². The molecule has 1 aliphatic heterocycles. The minimum Gasteiger partial charge on any atom is -0.452 e. The molecule has 0 radical (unpaired) electrons. The number of anilines is 1. The van der Waals surface area contributed by atoms with Crippen molar-refractivity contribution < 1.29 is 18.7 Å². The van der Waals surface area contributed by atoms with Crippen molar-refractivity contribution in [1.82, 2.24) is 4.90 Å². The Hall–Kier alpha value is -3.66. The Bertz CT molecular complexity index is 943. The predicted octanol–water partition coefficient (Wildman–Crippen LogP) is 2.60. The van der Waals surface area contributed by atoms with Crippen molar-refractivity contribution in [3.05, 3.63) is 71.6 Å². The van der Waals surface area contributed by atoms with Crippen molar-refractivity contribution in [3.8, 4) is 6.07 Å². The summed E-state index contributed by atoms with van der Waals surface area (Å²) in [5.74, 6) is -1.18. The SMILES string of the molecule is N#Cc1ccc(/C=C/C(=O)OCC(=O)N2CCN(c3ccccc3F)CC2)cc1. The fraction of sp³-hybridized carbons (Fsp3) is 0.227. The third kappa shape index (κ3) is 5.42. The zero-order valence-corrected chi connectivity index (χ0v) is 15.8. The van der Waals surface area contributed by atoms with Crippen molar-refractivity contribution in [2.75, 3.05) is 37.7 Å². The quantitative estimate of drug-likeness (QED) is 0.577. The van der Waals surface area contributed by atoms with Crippen molar-refractivity contribution in [2.24, 2.45) is 0 Å². The van der Waals surface area contributed by atoms with E-state index in [2.05, 4.69) is 0 Å². The van der Waals surface area contributed by atoms with E-state index in [1.807, 2.05) is 11.0 Å². The molecular weight excluding hydrogens is 373 g/mol. The molecule has 2 aromatic carbocycles. The van der Waals surface area contributed by atoms with E-state index in [0.717, 1.165) is 5.56 Å². The molecule has 0 bridgehead atoms. The lowest BCUT2D eigenvalue weighted by molar-refractivity contribution is -0.148. The fourth-order valence-corrected chi connectivity index (χ4v) is 3.01. The lowest BCUT2D eigenvalue weighted by Gasteiger charge is -2.36. The molecule has 0 spiro atoms. The molecule has 7 heteroatoms. The number of halogens is 1. The highest BCUT2D eigenvalue weighted by Gasteiger charge is 2.23. The van der Waals surface area contributed by atoms with Crippen molar-refractivity contribution in [3.63, 3.8) is 0 Å². The van der Waals surface area contributed by atoms with Gasteiger partial charge in [0.2, 0.25) is 0 Å². The van der Waals surface area contributed by atoms with Crippen LogP contribution in [0.25, 0.3) is 6.08 Å². The van der Waals surface area contributed by atoms with Gasteiger partial charge in [-0.05, 0) is 35.9 Å². The Morgan fingerprint density at radius 1 is 1.07 bits per heavy atom. The third-order valence-corrected chi connectivity index (χ3v) is 4.62. The van der Waals surface area contributed by atoms with Crippen LogP contribution in [0.4, 0.5) is 10.1 Å². The Balaban J connectivity index is 1.44. The number of para-hydroxylation sites is 1. The molecule has 0 unspecified atom stereocenters. The van der Waals surface area contributed by atoms with Crippen LogP contribution >= 0.6 is 0 Å². The maximum absolute atomic E-state index is 13.9. The van der Waals surface area contributed by atoms with E-state index in [-0.39, 0.29) is 18.3 Å². The molecule has 1 amide bonds. The van der Waals surface area contributed by atoms with Gasteiger partial charge in [0.05, 0.1) is 17.3 Å². The number of amides is 1. The average Bonchev–Trinajstić information content (AvgIpc) is 2.77. The number of hydrogen-bond donors (Lipinski definition) is 0. The van der Waals surface area contributed by atoms with E-state index in [9.17, 15) is 14.0 Å². The van der Waals surface area contributed by atoms with E-state index >= 15 is 0 Å². The van der Waals surface area contributed by atoms with Gasteiger partial charge in [0, 0.05) is 32.3 Å². The molecule has 2 aromatic rings. The van der Waals surface area contributed by atoms with Gasteiger partial charge in [-0.2, -0.15) is 5.26 Å². The lowest BCUT2D eigenvalue weighted by atomic mass is 10.1. The largest absolute Gasteiger partial charge is 0.452 e. The summed E-state index contributed by atoms with van der Waals surface area (Å²) in [7, 11) is 0. The standard InChI is InChI=1S/C22H20FN3O3/c23-19-3-1-2-4-20(19)25-11-13-26(14-12-25)21(27)16-29-22(28)10-9-17-5-7-18(15-24)8-6-17/h1-10H,11-14,16H2/b10-9+. The molecule has 0 N–H and O–H groups in total. The summed E-state index contributed by atoms with van der Waals surface area (Å²) >= 11 is 0. The fourth-order valence-electron chi connectivity index (χ4n) is 3.01. The zero-order valence-electron chi connectivity index (χ0n) is 15.8. The van der Waals surface area contributed by atoms with Crippen LogP contribution in [0, 0.1) is 17.1 Å². The van der Waals surface area contributed by atoms with Crippen LogP contribution in [0.15, 0.2) is 54.6 Å². The molecule has 6 nitrogen and oxygen atoms in total. The van der Waals surface area contributed by atoms with Crippen LogP contribution in [0.2, 0.25) is 0 Å². The van der Waals surface area contributed by atoms with E-state index < -0.39 is 5.97 Å². The maximum Gasteiger partial charge on any atom is 0.331 e. The molecule has 1 saturated heterocycles.